The van der Waals surface area contributed by atoms with Crippen molar-refractivity contribution in [3.05, 3.63) is 118 Å². The molecule has 1 aliphatic rings. The van der Waals surface area contributed by atoms with Crippen LogP contribution in [0.3, 0.4) is 0 Å². The van der Waals surface area contributed by atoms with Crippen LogP contribution >= 0.6 is 23.8 Å². The molecule has 7 nitrogen and oxygen atoms in total. The Kier molecular flexibility index (Phi) is 6.91. The number of nitrogens with zero attached hydrogens (tertiary/aromatic N) is 3. The molecule has 0 saturated carbocycles. The third-order valence-electron chi connectivity index (χ3n) is 6.49. The Hall–Kier alpha value is -4.53. The number of hydrogen-bond acceptors (Lipinski definition) is 4. The Bertz CT molecular complexity index is 1620. The molecule has 4 aromatic rings. The van der Waals surface area contributed by atoms with Gasteiger partial charge in [-0.3, -0.25) is 19.4 Å². The molecule has 1 saturated heterocycles. The normalized spacial score (nSPS) is 13.7. The zero-order chi connectivity index (χ0) is 27.8. The van der Waals surface area contributed by atoms with Crippen LogP contribution in [-0.4, -0.2) is 32.6 Å². The van der Waals surface area contributed by atoms with E-state index in [1.54, 1.807) is 60.7 Å². The van der Waals surface area contributed by atoms with E-state index in [0.717, 1.165) is 5.69 Å². The first-order valence-corrected chi connectivity index (χ1v) is 12.7. The molecule has 3 aromatic carbocycles. The second-order valence-corrected chi connectivity index (χ2v) is 9.70. The van der Waals surface area contributed by atoms with E-state index in [0.29, 0.717) is 28.3 Å². The maximum atomic E-state index is 13.8. The lowest BCUT2D eigenvalue weighted by Gasteiger charge is -2.36. The zero-order valence-corrected chi connectivity index (χ0v) is 22.5. The van der Waals surface area contributed by atoms with Crippen molar-refractivity contribution in [2.75, 3.05) is 9.80 Å². The fourth-order valence-corrected chi connectivity index (χ4v) is 5.22. The van der Waals surface area contributed by atoms with Gasteiger partial charge in [-0.1, -0.05) is 48.0 Å². The Labute approximate surface area is 235 Å². The number of carbonyl (C=O) groups excluding carboxylic acids is 2. The minimum Gasteiger partial charge on any atom is -0.478 e. The van der Waals surface area contributed by atoms with Crippen LogP contribution in [0.4, 0.5) is 11.4 Å². The molecule has 0 aliphatic carbocycles. The van der Waals surface area contributed by atoms with E-state index in [2.05, 4.69) is 0 Å². The average molecular weight is 556 g/mol. The van der Waals surface area contributed by atoms with Gasteiger partial charge in [-0.15, -0.1) is 0 Å². The van der Waals surface area contributed by atoms with Crippen molar-refractivity contribution in [3.63, 3.8) is 0 Å². The van der Waals surface area contributed by atoms with Gasteiger partial charge in [0.05, 0.1) is 22.0 Å². The number of carboxylic acid groups (broad SMARTS) is 1. The first-order valence-electron chi connectivity index (χ1n) is 12.0. The maximum Gasteiger partial charge on any atom is 0.337 e. The monoisotopic (exact) mass is 555 g/mol. The van der Waals surface area contributed by atoms with Gasteiger partial charge in [0.25, 0.3) is 11.8 Å². The fourth-order valence-electron chi connectivity index (χ4n) is 4.64. The van der Waals surface area contributed by atoms with E-state index in [1.165, 1.54) is 21.9 Å². The van der Waals surface area contributed by atoms with Crippen LogP contribution in [-0.2, 0) is 9.59 Å². The quantitative estimate of drug-likeness (QED) is 0.180. The Morgan fingerprint density at radius 3 is 1.87 bits per heavy atom. The molecule has 2 amide bonds. The van der Waals surface area contributed by atoms with Crippen molar-refractivity contribution < 1.29 is 19.5 Å². The number of benzene rings is 3. The van der Waals surface area contributed by atoms with Crippen molar-refractivity contribution in [1.29, 1.82) is 0 Å². The minimum atomic E-state index is -1.14. The van der Waals surface area contributed by atoms with Crippen LogP contribution in [0, 0.1) is 13.8 Å². The highest BCUT2D eigenvalue weighted by Gasteiger charge is 2.41. The van der Waals surface area contributed by atoms with Crippen molar-refractivity contribution in [2.24, 2.45) is 0 Å². The van der Waals surface area contributed by atoms with Gasteiger partial charge < -0.3 is 9.67 Å². The van der Waals surface area contributed by atoms with E-state index >= 15 is 0 Å². The van der Waals surface area contributed by atoms with Crippen LogP contribution in [0.5, 0.6) is 0 Å². The highest BCUT2D eigenvalue weighted by Crippen LogP contribution is 2.31. The lowest BCUT2D eigenvalue weighted by Crippen LogP contribution is -2.56. The Balaban J connectivity index is 1.65. The van der Waals surface area contributed by atoms with Crippen molar-refractivity contribution in [2.45, 2.75) is 13.8 Å². The average Bonchev–Trinajstić information content (AvgIpc) is 3.20. The third-order valence-corrected chi connectivity index (χ3v) is 7.18. The molecule has 9 heteroatoms. The summed E-state index contributed by atoms with van der Waals surface area (Å²) < 4.78 is 1.85. The number of hydrogen-bond donors (Lipinski definition) is 1. The largest absolute Gasteiger partial charge is 0.478 e. The van der Waals surface area contributed by atoms with E-state index in [4.69, 9.17) is 23.8 Å². The molecule has 194 valence electrons. The van der Waals surface area contributed by atoms with Crippen molar-refractivity contribution in [3.8, 4) is 5.69 Å². The second kappa shape index (κ2) is 10.3. The van der Waals surface area contributed by atoms with Gasteiger partial charge in [-0.05, 0) is 86.2 Å². The van der Waals surface area contributed by atoms with Gasteiger partial charge >= 0.3 is 5.97 Å². The molecule has 2 heterocycles. The number of anilines is 2. The van der Waals surface area contributed by atoms with Gasteiger partial charge in [0, 0.05) is 17.1 Å². The summed E-state index contributed by atoms with van der Waals surface area (Å²) in [6.07, 6.45) is 1.56. The molecule has 1 aromatic heterocycles. The number of rotatable bonds is 5. The van der Waals surface area contributed by atoms with Crippen LogP contribution in [0.25, 0.3) is 11.8 Å². The van der Waals surface area contributed by atoms with Crippen LogP contribution in [0.2, 0.25) is 5.02 Å². The Morgan fingerprint density at radius 1 is 0.821 bits per heavy atom. The fraction of sp³-hybridized carbons (Fsp3) is 0.0667. The molecule has 39 heavy (non-hydrogen) atoms. The van der Waals surface area contributed by atoms with Gasteiger partial charge in [0.2, 0.25) is 0 Å². The SMILES string of the molecule is Cc1cc(C=C2C(=O)N(c3ccccc3)C(=S)N(c3ccccc3)C2=O)c(C)n1-c1ccc(Cl)c(C(=O)O)c1. The molecule has 0 spiro atoms. The summed E-state index contributed by atoms with van der Waals surface area (Å²) in [6.45, 7) is 3.69. The summed E-state index contributed by atoms with van der Waals surface area (Å²) in [7, 11) is 0. The molecule has 0 radical (unpaired) electrons. The number of aromatic nitrogens is 1. The van der Waals surface area contributed by atoms with Crippen LogP contribution in [0.15, 0.2) is 90.5 Å². The van der Waals surface area contributed by atoms with Gasteiger partial charge in [-0.2, -0.15) is 0 Å². The second-order valence-electron chi connectivity index (χ2n) is 8.92. The van der Waals surface area contributed by atoms with Gasteiger partial charge in [-0.25, -0.2) is 4.79 Å². The maximum absolute atomic E-state index is 13.8. The summed E-state index contributed by atoms with van der Waals surface area (Å²) in [4.78, 5) is 41.9. The number of amides is 2. The number of para-hydroxylation sites is 2. The number of aromatic carboxylic acids is 1. The van der Waals surface area contributed by atoms with Gasteiger partial charge in [0.15, 0.2) is 5.11 Å². The lowest BCUT2D eigenvalue weighted by molar-refractivity contribution is -0.120. The van der Waals surface area contributed by atoms with E-state index in [-0.39, 0.29) is 21.3 Å². The van der Waals surface area contributed by atoms with Crippen LogP contribution < -0.4 is 9.80 Å². The number of aryl methyl sites for hydroxylation is 1. The van der Waals surface area contributed by atoms with Crippen LogP contribution in [0.1, 0.15) is 27.3 Å². The van der Waals surface area contributed by atoms with E-state index in [1.807, 2.05) is 36.6 Å². The topological polar surface area (TPSA) is 82.9 Å². The molecule has 1 N–H and O–H groups in total. The first-order chi connectivity index (χ1) is 18.7. The molecule has 0 unspecified atom stereocenters. The number of halogens is 1. The molecule has 0 atom stereocenters. The molecule has 1 aliphatic heterocycles. The lowest BCUT2D eigenvalue weighted by atomic mass is 10.0. The van der Waals surface area contributed by atoms with Crippen molar-refractivity contribution in [1.82, 2.24) is 4.57 Å². The van der Waals surface area contributed by atoms with Crippen molar-refractivity contribution >= 4 is 64.2 Å². The summed E-state index contributed by atoms with van der Waals surface area (Å²) in [5.74, 6) is -2.20. The van der Waals surface area contributed by atoms with E-state index < -0.39 is 17.8 Å². The molecule has 5 rings (SSSR count). The molecular formula is C30H22ClN3O4S. The van der Waals surface area contributed by atoms with Gasteiger partial charge in [0.1, 0.15) is 5.57 Å². The zero-order valence-electron chi connectivity index (χ0n) is 21.0. The third kappa shape index (κ3) is 4.65. The summed E-state index contributed by atoms with van der Waals surface area (Å²) in [5.41, 5.74) is 3.72. The summed E-state index contributed by atoms with van der Waals surface area (Å²) in [6, 6.07) is 24.4. The number of carbonyl (C=O) groups is 3. The smallest absolute Gasteiger partial charge is 0.337 e. The summed E-state index contributed by atoms with van der Waals surface area (Å²) >= 11 is 11.7. The standard InChI is InChI=1S/C30H22ClN3O4S/c1-18-15-20(19(2)32(18)23-13-14-26(31)24(17-23)29(37)38)16-25-27(35)33(21-9-5-3-6-10-21)30(39)34(28(25)36)22-11-7-4-8-12-22/h3-17H,1-2H3,(H,37,38). The Morgan fingerprint density at radius 2 is 1.36 bits per heavy atom. The minimum absolute atomic E-state index is 0.0234. The molecule has 0 bridgehead atoms. The highest BCUT2D eigenvalue weighted by atomic mass is 35.5. The molecule has 1 fully saturated rings. The first kappa shape index (κ1) is 26.1. The highest BCUT2D eigenvalue weighted by molar-refractivity contribution is 7.81. The number of carboxylic acids is 1. The summed E-state index contributed by atoms with van der Waals surface area (Å²) in [5, 5.41) is 9.71. The predicted octanol–water partition coefficient (Wildman–Crippen LogP) is 6.19. The predicted molar refractivity (Wildman–Crippen MR) is 156 cm³/mol. The number of thiocarbonyl (C=S) groups is 1. The molecular weight excluding hydrogens is 534 g/mol. The van der Waals surface area contributed by atoms with E-state index in [9.17, 15) is 19.5 Å².